The highest BCUT2D eigenvalue weighted by Gasteiger charge is 2.67. The quantitative estimate of drug-likeness (QED) is 0.705. The maximum Gasteiger partial charge on any atom is 0.0617 e. The second-order valence-corrected chi connectivity index (χ2v) is 10.7. The number of likely N-dealkylation sites (tertiary alicyclic amines) is 1. The van der Waals surface area contributed by atoms with E-state index in [9.17, 15) is 5.11 Å². The van der Waals surface area contributed by atoms with Gasteiger partial charge in [0.2, 0.25) is 0 Å². The van der Waals surface area contributed by atoms with E-state index >= 15 is 0 Å². The average Bonchev–Trinajstić information content (AvgIpc) is 3.12. The fraction of sp³-hybridized carbons (Fsp3) is 0.913. The molecule has 5 aliphatic rings. The molecule has 3 nitrogen and oxygen atoms in total. The fourth-order valence-corrected chi connectivity index (χ4v) is 8.67. The Balaban J connectivity index is 1.50. The molecule has 1 aliphatic heterocycles. The van der Waals surface area contributed by atoms with Gasteiger partial charge < -0.3 is 15.3 Å². The van der Waals surface area contributed by atoms with E-state index in [4.69, 9.17) is 0 Å². The summed E-state index contributed by atoms with van der Waals surface area (Å²) < 4.78 is 0. The minimum absolute atomic E-state index is 0.0909. The van der Waals surface area contributed by atoms with Gasteiger partial charge in [0.1, 0.15) is 0 Å². The van der Waals surface area contributed by atoms with Gasteiger partial charge in [0, 0.05) is 24.0 Å². The smallest absolute Gasteiger partial charge is 0.0617 e. The highest BCUT2D eigenvalue weighted by Crippen LogP contribution is 2.68. The highest BCUT2D eigenvalue weighted by atomic mass is 16.3. The van der Waals surface area contributed by atoms with Crippen LogP contribution in [0.4, 0.5) is 0 Å². The van der Waals surface area contributed by atoms with Gasteiger partial charge in [-0.1, -0.05) is 18.6 Å². The lowest BCUT2D eigenvalue weighted by Crippen LogP contribution is -2.58. The first-order valence-electron chi connectivity index (χ1n) is 11.2. The molecule has 146 valence electrons. The van der Waals surface area contributed by atoms with Gasteiger partial charge in [-0.25, -0.2) is 0 Å². The highest BCUT2D eigenvalue weighted by molar-refractivity contribution is 5.27. The van der Waals surface area contributed by atoms with Crippen LogP contribution in [0.1, 0.15) is 58.8 Å². The van der Waals surface area contributed by atoms with Crippen LogP contribution in [0.2, 0.25) is 0 Å². The standard InChI is InChI=1S/C23H38N2O/c1-14-18-7-8-19-17-6-5-15-11-16(24-3)9-10-22(15,2)20(17)12-21(26)23(18,19)13-25(14)4/h5,14,16-21,24,26H,6-13H2,1-4H3. The van der Waals surface area contributed by atoms with Crippen LogP contribution < -0.4 is 5.32 Å². The molecule has 0 radical (unpaired) electrons. The number of rotatable bonds is 1. The van der Waals surface area contributed by atoms with Crippen LogP contribution in [0, 0.1) is 34.5 Å². The Kier molecular flexibility index (Phi) is 3.96. The fourth-order valence-electron chi connectivity index (χ4n) is 8.67. The Bertz CT molecular complexity index is 617. The van der Waals surface area contributed by atoms with E-state index in [0.717, 1.165) is 24.8 Å². The summed E-state index contributed by atoms with van der Waals surface area (Å²) in [6.07, 6.45) is 11.4. The zero-order valence-electron chi connectivity index (χ0n) is 17.2. The van der Waals surface area contributed by atoms with Gasteiger partial charge in [0.05, 0.1) is 6.10 Å². The number of allylic oxidation sites excluding steroid dienone is 1. The number of aliphatic hydroxyl groups is 1. The van der Waals surface area contributed by atoms with E-state index in [1.165, 1.54) is 38.5 Å². The van der Waals surface area contributed by atoms with Gasteiger partial charge in [-0.3, -0.25) is 0 Å². The second-order valence-electron chi connectivity index (χ2n) is 10.7. The van der Waals surface area contributed by atoms with Gasteiger partial charge >= 0.3 is 0 Å². The van der Waals surface area contributed by atoms with Crippen molar-refractivity contribution in [1.82, 2.24) is 10.2 Å². The minimum atomic E-state index is -0.0909. The summed E-state index contributed by atoms with van der Waals surface area (Å²) in [5, 5.41) is 15.1. The van der Waals surface area contributed by atoms with Gasteiger partial charge in [0.15, 0.2) is 0 Å². The van der Waals surface area contributed by atoms with Crippen molar-refractivity contribution < 1.29 is 5.11 Å². The molecule has 0 aromatic carbocycles. The molecule has 3 heteroatoms. The van der Waals surface area contributed by atoms with Gasteiger partial charge in [0.25, 0.3) is 0 Å². The topological polar surface area (TPSA) is 35.5 Å². The van der Waals surface area contributed by atoms with Crippen molar-refractivity contribution in [3.63, 3.8) is 0 Å². The predicted molar refractivity (Wildman–Crippen MR) is 106 cm³/mol. The van der Waals surface area contributed by atoms with E-state index in [2.05, 4.69) is 44.2 Å². The summed E-state index contributed by atoms with van der Waals surface area (Å²) in [7, 11) is 4.40. The van der Waals surface area contributed by atoms with Crippen LogP contribution in [0.15, 0.2) is 11.6 Å². The number of nitrogens with zero attached hydrogens (tertiary/aromatic N) is 1. The Hall–Kier alpha value is -0.380. The predicted octanol–water partition coefficient (Wildman–Crippen LogP) is 3.44. The molecule has 2 N–H and O–H groups in total. The normalized spacial score (nSPS) is 56.3. The lowest BCUT2D eigenvalue weighted by atomic mass is 9.46. The van der Waals surface area contributed by atoms with Crippen molar-refractivity contribution in [2.75, 3.05) is 20.6 Å². The molecule has 0 aromatic heterocycles. The Morgan fingerprint density at radius 2 is 1.96 bits per heavy atom. The first-order chi connectivity index (χ1) is 12.4. The zero-order valence-corrected chi connectivity index (χ0v) is 17.2. The first-order valence-corrected chi connectivity index (χ1v) is 11.2. The number of hydrogen-bond donors (Lipinski definition) is 2. The van der Waals surface area contributed by atoms with E-state index in [-0.39, 0.29) is 11.5 Å². The SMILES string of the molecule is CNC1CCC2(C)C(=CCC3C2CC(O)C24CN(C)C(C)C2CCC34)C1. The maximum atomic E-state index is 11.6. The van der Waals surface area contributed by atoms with Crippen LogP contribution in [-0.2, 0) is 0 Å². The lowest BCUT2D eigenvalue weighted by molar-refractivity contribution is -0.125. The molecule has 1 saturated heterocycles. The Labute approximate surface area is 159 Å². The summed E-state index contributed by atoms with van der Waals surface area (Å²) in [6, 6.07) is 1.30. The lowest BCUT2D eigenvalue weighted by Gasteiger charge is -2.59. The molecule has 0 bridgehead atoms. The Morgan fingerprint density at radius 1 is 1.19 bits per heavy atom. The van der Waals surface area contributed by atoms with Crippen LogP contribution >= 0.6 is 0 Å². The molecule has 9 unspecified atom stereocenters. The maximum absolute atomic E-state index is 11.6. The molecule has 1 spiro atoms. The summed E-state index contributed by atoms with van der Waals surface area (Å²) in [5.41, 5.74) is 2.24. The molecular weight excluding hydrogens is 320 g/mol. The zero-order chi connectivity index (χ0) is 18.3. The third-order valence-corrected chi connectivity index (χ3v) is 10.2. The van der Waals surface area contributed by atoms with Crippen molar-refractivity contribution in [3.05, 3.63) is 11.6 Å². The second kappa shape index (κ2) is 5.81. The molecule has 4 aliphatic carbocycles. The molecule has 3 saturated carbocycles. The van der Waals surface area contributed by atoms with Crippen LogP contribution in [-0.4, -0.2) is 48.8 Å². The summed E-state index contributed by atoms with van der Waals surface area (Å²) >= 11 is 0. The molecule has 0 aromatic rings. The van der Waals surface area contributed by atoms with Gasteiger partial charge in [-0.15, -0.1) is 0 Å². The summed E-state index contributed by atoms with van der Waals surface area (Å²) in [4.78, 5) is 2.55. The monoisotopic (exact) mass is 358 g/mol. The summed E-state index contributed by atoms with van der Waals surface area (Å²) in [6.45, 7) is 6.07. The third kappa shape index (κ3) is 2.06. The molecule has 4 fully saturated rings. The average molecular weight is 359 g/mol. The van der Waals surface area contributed by atoms with Crippen LogP contribution in [0.25, 0.3) is 0 Å². The molecule has 9 atom stereocenters. The molecule has 26 heavy (non-hydrogen) atoms. The Morgan fingerprint density at radius 3 is 2.73 bits per heavy atom. The third-order valence-electron chi connectivity index (χ3n) is 10.2. The van der Waals surface area contributed by atoms with Crippen molar-refractivity contribution >= 4 is 0 Å². The number of hydrogen-bond acceptors (Lipinski definition) is 3. The van der Waals surface area contributed by atoms with Gasteiger partial charge in [-0.2, -0.15) is 0 Å². The summed E-state index contributed by atoms with van der Waals surface area (Å²) in [5.74, 6) is 2.96. The first kappa shape index (κ1) is 17.7. The van der Waals surface area contributed by atoms with Crippen molar-refractivity contribution in [2.45, 2.75) is 77.0 Å². The number of aliphatic hydroxyl groups excluding tert-OH is 1. The molecule has 5 rings (SSSR count). The van der Waals surface area contributed by atoms with Crippen molar-refractivity contribution in [2.24, 2.45) is 34.5 Å². The molecule has 1 heterocycles. The van der Waals surface area contributed by atoms with E-state index in [0.29, 0.717) is 29.3 Å². The number of nitrogens with one attached hydrogen (secondary N) is 1. The van der Waals surface area contributed by atoms with E-state index in [1.54, 1.807) is 5.57 Å². The minimum Gasteiger partial charge on any atom is -0.392 e. The van der Waals surface area contributed by atoms with E-state index in [1.807, 2.05) is 0 Å². The number of fused-ring (bicyclic) bond motifs is 4. The van der Waals surface area contributed by atoms with Gasteiger partial charge in [-0.05, 0) is 95.1 Å². The van der Waals surface area contributed by atoms with Crippen molar-refractivity contribution in [1.29, 1.82) is 0 Å². The molecule has 0 amide bonds. The van der Waals surface area contributed by atoms with E-state index < -0.39 is 0 Å². The van der Waals surface area contributed by atoms with Crippen LogP contribution in [0.3, 0.4) is 0 Å². The van der Waals surface area contributed by atoms with Crippen molar-refractivity contribution in [3.8, 4) is 0 Å². The largest absolute Gasteiger partial charge is 0.392 e. The van der Waals surface area contributed by atoms with Crippen LogP contribution in [0.5, 0.6) is 0 Å². The molecular formula is C23H38N2O.